The normalized spacial score (nSPS) is 11.0. The van der Waals surface area contributed by atoms with E-state index in [-0.39, 0.29) is 5.91 Å². The Morgan fingerprint density at radius 1 is 1.14 bits per heavy atom. The van der Waals surface area contributed by atoms with Gasteiger partial charge in [-0.2, -0.15) is 0 Å². The van der Waals surface area contributed by atoms with Crippen molar-refractivity contribution in [2.24, 2.45) is 0 Å². The topological polar surface area (TPSA) is 23.6 Å². The van der Waals surface area contributed by atoms with Crippen LogP contribution >= 0.6 is 11.8 Å². The Labute approximate surface area is 133 Å². The standard InChI is InChI=1S/C17H28N2OS/c1-6-19(7-2)17(20)13-18(5)10-11-21-16-9-8-14(3)15(4)12-16/h8-9,12H,6-7,10-11,13H2,1-5H3. The second kappa shape index (κ2) is 9.11. The van der Waals surface area contributed by atoms with Crippen molar-refractivity contribution < 1.29 is 4.79 Å². The summed E-state index contributed by atoms with van der Waals surface area (Å²) in [4.78, 5) is 17.3. The van der Waals surface area contributed by atoms with Crippen LogP contribution in [0.5, 0.6) is 0 Å². The van der Waals surface area contributed by atoms with E-state index in [1.807, 2.05) is 37.6 Å². The Hall–Kier alpha value is -1.00. The number of rotatable bonds is 8. The maximum absolute atomic E-state index is 12.0. The minimum absolute atomic E-state index is 0.221. The fourth-order valence-corrected chi connectivity index (χ4v) is 3.17. The molecule has 0 atom stereocenters. The Morgan fingerprint density at radius 3 is 2.38 bits per heavy atom. The second-order valence-electron chi connectivity index (χ2n) is 5.40. The number of thioether (sulfide) groups is 1. The monoisotopic (exact) mass is 308 g/mol. The van der Waals surface area contributed by atoms with Gasteiger partial charge in [0.05, 0.1) is 6.54 Å². The highest BCUT2D eigenvalue weighted by atomic mass is 32.2. The van der Waals surface area contributed by atoms with Crippen molar-refractivity contribution in [1.29, 1.82) is 0 Å². The summed E-state index contributed by atoms with van der Waals surface area (Å²) >= 11 is 1.85. The third-order valence-corrected chi connectivity index (χ3v) is 4.72. The zero-order chi connectivity index (χ0) is 15.8. The molecular weight excluding hydrogens is 280 g/mol. The quantitative estimate of drug-likeness (QED) is 0.689. The van der Waals surface area contributed by atoms with E-state index in [1.165, 1.54) is 16.0 Å². The predicted octanol–water partition coefficient (Wildman–Crippen LogP) is 3.20. The lowest BCUT2D eigenvalue weighted by Gasteiger charge is -2.22. The van der Waals surface area contributed by atoms with E-state index in [9.17, 15) is 4.79 Å². The molecule has 118 valence electrons. The van der Waals surface area contributed by atoms with Crippen LogP contribution in [0.1, 0.15) is 25.0 Å². The lowest BCUT2D eigenvalue weighted by molar-refractivity contribution is -0.131. The average molecular weight is 308 g/mol. The van der Waals surface area contributed by atoms with Gasteiger partial charge in [0.15, 0.2) is 0 Å². The summed E-state index contributed by atoms with van der Waals surface area (Å²) in [6.07, 6.45) is 0. The van der Waals surface area contributed by atoms with Crippen molar-refractivity contribution in [3.8, 4) is 0 Å². The van der Waals surface area contributed by atoms with Gasteiger partial charge in [-0.25, -0.2) is 0 Å². The van der Waals surface area contributed by atoms with Crippen molar-refractivity contribution >= 4 is 17.7 Å². The predicted molar refractivity (Wildman–Crippen MR) is 92.1 cm³/mol. The lowest BCUT2D eigenvalue weighted by atomic mass is 10.1. The van der Waals surface area contributed by atoms with Gasteiger partial charge in [-0.3, -0.25) is 9.69 Å². The summed E-state index contributed by atoms with van der Waals surface area (Å²) in [5, 5.41) is 0. The number of likely N-dealkylation sites (N-methyl/N-ethyl adjacent to an activating group) is 2. The summed E-state index contributed by atoms with van der Waals surface area (Å²) in [6, 6.07) is 6.58. The van der Waals surface area contributed by atoms with Crippen LogP contribution in [0.2, 0.25) is 0 Å². The van der Waals surface area contributed by atoms with E-state index in [4.69, 9.17) is 0 Å². The smallest absolute Gasteiger partial charge is 0.236 e. The molecule has 21 heavy (non-hydrogen) atoms. The molecule has 1 aromatic carbocycles. The molecule has 0 aliphatic rings. The van der Waals surface area contributed by atoms with Crippen LogP contribution in [-0.4, -0.2) is 54.7 Å². The van der Waals surface area contributed by atoms with Crippen molar-refractivity contribution in [2.45, 2.75) is 32.6 Å². The highest BCUT2D eigenvalue weighted by Crippen LogP contribution is 2.20. The minimum Gasteiger partial charge on any atom is -0.342 e. The first-order valence-electron chi connectivity index (χ1n) is 7.64. The molecule has 0 aliphatic heterocycles. The van der Waals surface area contributed by atoms with E-state index in [2.05, 4.69) is 36.9 Å². The summed E-state index contributed by atoms with van der Waals surface area (Å²) < 4.78 is 0. The molecule has 1 amide bonds. The van der Waals surface area contributed by atoms with Gasteiger partial charge < -0.3 is 4.90 Å². The van der Waals surface area contributed by atoms with E-state index < -0.39 is 0 Å². The van der Waals surface area contributed by atoms with Gasteiger partial charge in [-0.15, -0.1) is 11.8 Å². The van der Waals surface area contributed by atoms with Gasteiger partial charge >= 0.3 is 0 Å². The molecule has 0 saturated heterocycles. The molecule has 3 nitrogen and oxygen atoms in total. The number of carbonyl (C=O) groups excluding carboxylic acids is 1. The maximum atomic E-state index is 12.0. The molecule has 0 fully saturated rings. The average Bonchev–Trinajstić information content (AvgIpc) is 2.44. The fourth-order valence-electron chi connectivity index (χ4n) is 2.11. The summed E-state index contributed by atoms with van der Waals surface area (Å²) in [7, 11) is 2.02. The van der Waals surface area contributed by atoms with E-state index >= 15 is 0 Å². The summed E-state index contributed by atoms with van der Waals surface area (Å²) in [5.41, 5.74) is 2.67. The van der Waals surface area contributed by atoms with E-state index in [0.29, 0.717) is 6.54 Å². The molecule has 0 spiro atoms. The van der Waals surface area contributed by atoms with Crippen molar-refractivity contribution in [3.05, 3.63) is 29.3 Å². The fraction of sp³-hybridized carbons (Fsp3) is 0.588. The van der Waals surface area contributed by atoms with Gasteiger partial charge in [-0.05, 0) is 58.0 Å². The van der Waals surface area contributed by atoms with Crippen LogP contribution in [0.3, 0.4) is 0 Å². The van der Waals surface area contributed by atoms with Gasteiger partial charge in [0.2, 0.25) is 5.91 Å². The van der Waals surface area contributed by atoms with Crippen LogP contribution in [0, 0.1) is 13.8 Å². The van der Waals surface area contributed by atoms with Crippen LogP contribution in [0.4, 0.5) is 0 Å². The van der Waals surface area contributed by atoms with Crippen LogP contribution < -0.4 is 0 Å². The zero-order valence-corrected chi connectivity index (χ0v) is 14.8. The number of amides is 1. The number of hydrogen-bond acceptors (Lipinski definition) is 3. The largest absolute Gasteiger partial charge is 0.342 e. The Kier molecular flexibility index (Phi) is 7.83. The van der Waals surface area contributed by atoms with Crippen LogP contribution in [0.25, 0.3) is 0 Å². The van der Waals surface area contributed by atoms with Gasteiger partial charge in [0, 0.05) is 30.3 Å². The molecule has 4 heteroatoms. The molecule has 1 rings (SSSR count). The molecule has 0 bridgehead atoms. The first-order chi connectivity index (χ1) is 9.97. The molecule has 0 saturated carbocycles. The Morgan fingerprint density at radius 2 is 1.81 bits per heavy atom. The second-order valence-corrected chi connectivity index (χ2v) is 6.57. The van der Waals surface area contributed by atoms with Gasteiger partial charge in [-0.1, -0.05) is 6.07 Å². The molecule has 0 aromatic heterocycles. The van der Waals surface area contributed by atoms with E-state index in [1.54, 1.807) is 0 Å². The molecule has 0 unspecified atom stereocenters. The number of nitrogens with zero attached hydrogens (tertiary/aromatic N) is 2. The third-order valence-electron chi connectivity index (χ3n) is 3.74. The molecule has 0 N–H and O–H groups in total. The summed E-state index contributed by atoms with van der Waals surface area (Å²) in [6.45, 7) is 11.3. The number of benzene rings is 1. The SMILES string of the molecule is CCN(CC)C(=O)CN(C)CCSc1ccc(C)c(C)c1. The molecular formula is C17H28N2OS. The number of carbonyl (C=O) groups is 1. The first-order valence-corrected chi connectivity index (χ1v) is 8.62. The van der Waals surface area contributed by atoms with Crippen molar-refractivity contribution in [1.82, 2.24) is 9.80 Å². The van der Waals surface area contributed by atoms with Crippen LogP contribution in [-0.2, 0) is 4.79 Å². The van der Waals surface area contributed by atoms with Gasteiger partial charge in [0.25, 0.3) is 0 Å². The zero-order valence-electron chi connectivity index (χ0n) is 14.0. The third kappa shape index (κ3) is 6.10. The molecule has 1 aromatic rings. The lowest BCUT2D eigenvalue weighted by Crippen LogP contribution is -2.39. The van der Waals surface area contributed by atoms with Crippen molar-refractivity contribution in [2.75, 3.05) is 39.0 Å². The molecule has 0 aliphatic carbocycles. The number of hydrogen-bond donors (Lipinski definition) is 0. The first kappa shape index (κ1) is 18.1. The number of aryl methyl sites for hydroxylation is 2. The van der Waals surface area contributed by atoms with Gasteiger partial charge in [0.1, 0.15) is 0 Å². The minimum atomic E-state index is 0.221. The molecule has 0 radical (unpaired) electrons. The highest BCUT2D eigenvalue weighted by Gasteiger charge is 2.12. The summed E-state index contributed by atoms with van der Waals surface area (Å²) in [5.74, 6) is 1.23. The molecule has 0 heterocycles. The maximum Gasteiger partial charge on any atom is 0.236 e. The Bertz CT molecular complexity index is 458. The Balaban J connectivity index is 2.34. The van der Waals surface area contributed by atoms with Crippen LogP contribution in [0.15, 0.2) is 23.1 Å². The van der Waals surface area contributed by atoms with E-state index in [0.717, 1.165) is 25.4 Å². The van der Waals surface area contributed by atoms with Crippen molar-refractivity contribution in [3.63, 3.8) is 0 Å². The highest BCUT2D eigenvalue weighted by molar-refractivity contribution is 7.99.